The number of halogens is 1. The minimum absolute atomic E-state index is 0.527. The number of hydrogen-bond acceptors (Lipinski definition) is 4. The summed E-state index contributed by atoms with van der Waals surface area (Å²) >= 11 is 5.15. The molecule has 1 aromatic carbocycles. The Morgan fingerprint density at radius 1 is 1.44 bits per heavy atom. The number of nitrogens with one attached hydrogen (secondary N) is 1. The number of thiazole rings is 1. The van der Waals surface area contributed by atoms with Gasteiger partial charge in [-0.05, 0) is 37.7 Å². The van der Waals surface area contributed by atoms with Gasteiger partial charge in [-0.25, -0.2) is 4.98 Å². The smallest absolute Gasteiger partial charge is 0.140 e. The van der Waals surface area contributed by atoms with Crippen molar-refractivity contribution in [2.45, 2.75) is 20.1 Å². The Hall–Kier alpha value is -0.910. The molecule has 0 atom stereocenters. The van der Waals surface area contributed by atoms with Gasteiger partial charge in [0.05, 0.1) is 0 Å². The van der Waals surface area contributed by atoms with Gasteiger partial charge in [0.15, 0.2) is 0 Å². The third-order valence-electron chi connectivity index (χ3n) is 2.41. The normalized spacial score (nSPS) is 10.6. The van der Waals surface area contributed by atoms with Crippen LogP contribution < -0.4 is 10.1 Å². The van der Waals surface area contributed by atoms with Gasteiger partial charge in [0.1, 0.15) is 17.4 Å². The maximum atomic E-state index is 5.75. The minimum Gasteiger partial charge on any atom is -0.486 e. The van der Waals surface area contributed by atoms with Crippen LogP contribution in [0.15, 0.2) is 28.1 Å². The third kappa shape index (κ3) is 3.54. The van der Waals surface area contributed by atoms with E-state index < -0.39 is 0 Å². The molecule has 0 spiro atoms. The third-order valence-corrected chi connectivity index (χ3v) is 4.13. The molecule has 3 nitrogen and oxygen atoms in total. The van der Waals surface area contributed by atoms with Crippen molar-refractivity contribution >= 4 is 27.3 Å². The van der Waals surface area contributed by atoms with Crippen molar-refractivity contribution in [3.05, 3.63) is 44.3 Å². The number of hydrogen-bond donors (Lipinski definition) is 1. The van der Waals surface area contributed by atoms with E-state index in [4.69, 9.17) is 4.74 Å². The number of nitrogens with zero attached hydrogens (tertiary/aromatic N) is 1. The molecule has 2 aromatic rings. The van der Waals surface area contributed by atoms with Gasteiger partial charge in [-0.3, -0.25) is 0 Å². The summed E-state index contributed by atoms with van der Waals surface area (Å²) in [6.07, 6.45) is 0. The fourth-order valence-electron chi connectivity index (χ4n) is 1.58. The van der Waals surface area contributed by atoms with Crippen LogP contribution in [0.25, 0.3) is 0 Å². The summed E-state index contributed by atoms with van der Waals surface area (Å²) in [5.41, 5.74) is 2.23. The van der Waals surface area contributed by atoms with E-state index >= 15 is 0 Å². The van der Waals surface area contributed by atoms with Crippen molar-refractivity contribution in [3.8, 4) is 5.75 Å². The zero-order valence-corrected chi connectivity index (χ0v) is 12.8. The quantitative estimate of drug-likeness (QED) is 0.912. The van der Waals surface area contributed by atoms with E-state index in [1.165, 1.54) is 5.56 Å². The molecule has 1 N–H and O–H groups in total. The van der Waals surface area contributed by atoms with Gasteiger partial charge in [0, 0.05) is 22.1 Å². The number of benzene rings is 1. The number of ether oxygens (including phenoxy) is 1. The average Bonchev–Trinajstić information content (AvgIpc) is 2.76. The fourth-order valence-corrected chi connectivity index (χ4v) is 2.65. The number of aromatic nitrogens is 1. The van der Waals surface area contributed by atoms with Gasteiger partial charge in [-0.2, -0.15) is 0 Å². The fraction of sp³-hybridized carbons (Fsp3) is 0.308. The van der Waals surface area contributed by atoms with Crippen LogP contribution in [0, 0.1) is 6.92 Å². The van der Waals surface area contributed by atoms with Crippen molar-refractivity contribution in [1.82, 2.24) is 10.3 Å². The lowest BCUT2D eigenvalue weighted by Crippen LogP contribution is -2.06. The predicted octanol–water partition coefficient (Wildman–Crippen LogP) is 3.51. The van der Waals surface area contributed by atoms with Gasteiger partial charge >= 0.3 is 0 Å². The molecule has 0 aliphatic rings. The van der Waals surface area contributed by atoms with Crippen molar-refractivity contribution in [1.29, 1.82) is 0 Å². The molecule has 0 bridgehead atoms. The van der Waals surface area contributed by atoms with E-state index in [0.717, 1.165) is 27.5 Å². The molecule has 1 aromatic heterocycles. The molecule has 0 aliphatic carbocycles. The van der Waals surface area contributed by atoms with Crippen molar-refractivity contribution < 1.29 is 4.74 Å². The highest BCUT2D eigenvalue weighted by atomic mass is 79.9. The summed E-state index contributed by atoms with van der Waals surface area (Å²) in [7, 11) is 1.93. The van der Waals surface area contributed by atoms with Gasteiger partial charge in [0.25, 0.3) is 0 Å². The summed E-state index contributed by atoms with van der Waals surface area (Å²) in [4.78, 5) is 4.37. The van der Waals surface area contributed by atoms with E-state index in [1.54, 1.807) is 11.3 Å². The first kappa shape index (κ1) is 13.5. The highest BCUT2D eigenvalue weighted by Crippen LogP contribution is 2.23. The molecular formula is C13H15BrN2OS. The second-order valence-corrected chi connectivity index (χ2v) is 5.75. The predicted molar refractivity (Wildman–Crippen MR) is 78.1 cm³/mol. The first-order valence-electron chi connectivity index (χ1n) is 5.66. The SMILES string of the molecule is CNCc1cc(OCc2nc(C)cs2)ccc1Br. The van der Waals surface area contributed by atoms with Gasteiger partial charge in [-0.1, -0.05) is 15.9 Å². The van der Waals surface area contributed by atoms with Crippen LogP contribution in [0.3, 0.4) is 0 Å². The Bertz CT molecular complexity index is 527. The Balaban J connectivity index is 2.03. The molecule has 0 aliphatic heterocycles. The summed E-state index contributed by atoms with van der Waals surface area (Å²) < 4.78 is 6.84. The molecule has 5 heteroatoms. The topological polar surface area (TPSA) is 34.1 Å². The molecule has 96 valence electrons. The van der Waals surface area contributed by atoms with E-state index in [9.17, 15) is 0 Å². The van der Waals surface area contributed by atoms with Crippen LogP contribution in [0.4, 0.5) is 0 Å². The summed E-state index contributed by atoms with van der Waals surface area (Å²) in [5.74, 6) is 0.872. The van der Waals surface area contributed by atoms with Gasteiger partial charge in [-0.15, -0.1) is 11.3 Å². The lowest BCUT2D eigenvalue weighted by atomic mass is 10.2. The highest BCUT2D eigenvalue weighted by molar-refractivity contribution is 9.10. The largest absolute Gasteiger partial charge is 0.486 e. The first-order valence-corrected chi connectivity index (χ1v) is 7.33. The maximum Gasteiger partial charge on any atom is 0.140 e. The Kier molecular flexibility index (Phi) is 4.74. The van der Waals surface area contributed by atoms with Crippen LogP contribution in [0.1, 0.15) is 16.3 Å². The molecule has 1 heterocycles. The number of rotatable bonds is 5. The molecule has 18 heavy (non-hydrogen) atoms. The second kappa shape index (κ2) is 6.31. The molecule has 0 saturated heterocycles. The zero-order valence-electron chi connectivity index (χ0n) is 10.4. The Morgan fingerprint density at radius 2 is 2.28 bits per heavy atom. The zero-order chi connectivity index (χ0) is 13.0. The Morgan fingerprint density at radius 3 is 2.94 bits per heavy atom. The average molecular weight is 327 g/mol. The van der Waals surface area contributed by atoms with E-state index in [1.807, 2.05) is 37.6 Å². The van der Waals surface area contributed by atoms with Crippen molar-refractivity contribution in [3.63, 3.8) is 0 Å². The Labute approximate surface area is 119 Å². The number of aryl methyl sites for hydroxylation is 1. The molecule has 2 rings (SSSR count). The van der Waals surface area contributed by atoms with Crippen LogP contribution in [0.2, 0.25) is 0 Å². The molecule has 0 unspecified atom stereocenters. The van der Waals surface area contributed by atoms with E-state index in [-0.39, 0.29) is 0 Å². The van der Waals surface area contributed by atoms with Crippen molar-refractivity contribution in [2.75, 3.05) is 7.05 Å². The molecule has 0 fully saturated rings. The lowest BCUT2D eigenvalue weighted by Gasteiger charge is -2.08. The van der Waals surface area contributed by atoms with E-state index in [0.29, 0.717) is 6.61 Å². The van der Waals surface area contributed by atoms with E-state index in [2.05, 4.69) is 26.2 Å². The molecule has 0 saturated carbocycles. The monoisotopic (exact) mass is 326 g/mol. The van der Waals surface area contributed by atoms with Gasteiger partial charge in [0.2, 0.25) is 0 Å². The first-order chi connectivity index (χ1) is 8.69. The summed E-state index contributed by atoms with van der Waals surface area (Å²) in [5, 5.41) is 6.17. The van der Waals surface area contributed by atoms with Crippen LogP contribution in [-0.2, 0) is 13.2 Å². The highest BCUT2D eigenvalue weighted by Gasteiger charge is 2.04. The van der Waals surface area contributed by atoms with Gasteiger partial charge < -0.3 is 10.1 Å². The molecule has 0 radical (unpaired) electrons. The maximum absolute atomic E-state index is 5.75. The molecular weight excluding hydrogens is 312 g/mol. The van der Waals surface area contributed by atoms with Crippen LogP contribution in [-0.4, -0.2) is 12.0 Å². The van der Waals surface area contributed by atoms with Crippen molar-refractivity contribution in [2.24, 2.45) is 0 Å². The minimum atomic E-state index is 0.527. The lowest BCUT2D eigenvalue weighted by molar-refractivity contribution is 0.305. The standard InChI is InChI=1S/C13H15BrN2OS/c1-9-8-18-13(16-9)7-17-11-3-4-12(14)10(5-11)6-15-2/h3-5,8,15H,6-7H2,1-2H3. The molecule has 0 amide bonds. The summed E-state index contributed by atoms with van der Waals surface area (Å²) in [6, 6.07) is 6.01. The van der Waals surface area contributed by atoms with Crippen LogP contribution >= 0.6 is 27.3 Å². The van der Waals surface area contributed by atoms with Crippen LogP contribution in [0.5, 0.6) is 5.75 Å². The summed E-state index contributed by atoms with van der Waals surface area (Å²) in [6.45, 7) is 3.33. The second-order valence-electron chi connectivity index (χ2n) is 3.95.